The van der Waals surface area contributed by atoms with E-state index in [1.165, 1.54) is 11.1 Å². The molecule has 1 aromatic rings. The zero-order chi connectivity index (χ0) is 18.1. The molecule has 4 aliphatic rings. The molecular formula is C21H25N3O2. The molecule has 4 heterocycles. The Morgan fingerprint density at radius 2 is 2.04 bits per heavy atom. The number of nitrogens with zero attached hydrogens (tertiary/aromatic N) is 2. The van der Waals surface area contributed by atoms with Crippen LogP contribution < -0.4 is 5.32 Å². The van der Waals surface area contributed by atoms with Gasteiger partial charge in [0.1, 0.15) is 18.2 Å². The SMILES string of the molecule is CC(C)=CC[C@]12C[C@H]3C(=O)N4CCC[C@H]4C(=O)N3[C@H]1Nc1ccccc12. The molecule has 0 radical (unpaired) electrons. The fraction of sp³-hybridized carbons (Fsp3) is 0.524. The zero-order valence-electron chi connectivity index (χ0n) is 15.4. The van der Waals surface area contributed by atoms with Gasteiger partial charge in [-0.3, -0.25) is 9.59 Å². The van der Waals surface area contributed by atoms with Gasteiger partial charge in [-0.2, -0.15) is 0 Å². The average molecular weight is 351 g/mol. The fourth-order valence-electron chi connectivity index (χ4n) is 5.49. The van der Waals surface area contributed by atoms with Gasteiger partial charge in [0.25, 0.3) is 0 Å². The first-order valence-electron chi connectivity index (χ1n) is 9.65. The monoisotopic (exact) mass is 351 g/mol. The predicted octanol–water partition coefficient (Wildman–Crippen LogP) is 2.64. The Morgan fingerprint density at radius 3 is 2.85 bits per heavy atom. The second-order valence-corrected chi connectivity index (χ2v) is 8.39. The Labute approximate surface area is 154 Å². The summed E-state index contributed by atoms with van der Waals surface area (Å²) in [6.45, 7) is 4.94. The van der Waals surface area contributed by atoms with E-state index >= 15 is 0 Å². The normalized spacial score (nSPS) is 34.2. The third-order valence-electron chi connectivity index (χ3n) is 6.69. The average Bonchev–Trinajstić information content (AvgIpc) is 3.29. The maximum absolute atomic E-state index is 13.3. The van der Waals surface area contributed by atoms with Crippen molar-refractivity contribution in [3.63, 3.8) is 0 Å². The highest BCUT2D eigenvalue weighted by atomic mass is 16.2. The lowest BCUT2D eigenvalue weighted by Crippen LogP contribution is -2.63. The molecule has 3 fully saturated rings. The van der Waals surface area contributed by atoms with Crippen LogP contribution in [0.4, 0.5) is 5.69 Å². The van der Waals surface area contributed by atoms with Crippen LogP contribution in [-0.4, -0.2) is 46.4 Å². The minimum absolute atomic E-state index is 0.125. The third kappa shape index (κ3) is 1.91. The summed E-state index contributed by atoms with van der Waals surface area (Å²) in [6, 6.07) is 7.77. The highest BCUT2D eigenvalue weighted by Crippen LogP contribution is 2.55. The summed E-state index contributed by atoms with van der Waals surface area (Å²) in [6.07, 6.45) is 5.42. The van der Waals surface area contributed by atoms with E-state index in [0.29, 0.717) is 6.42 Å². The van der Waals surface area contributed by atoms with E-state index < -0.39 is 0 Å². The zero-order valence-corrected chi connectivity index (χ0v) is 15.4. The summed E-state index contributed by atoms with van der Waals surface area (Å²) >= 11 is 0. The van der Waals surface area contributed by atoms with E-state index in [4.69, 9.17) is 0 Å². The topological polar surface area (TPSA) is 52.7 Å². The van der Waals surface area contributed by atoms with Crippen molar-refractivity contribution in [2.75, 3.05) is 11.9 Å². The van der Waals surface area contributed by atoms with Gasteiger partial charge in [0.2, 0.25) is 11.8 Å². The Hall–Kier alpha value is -2.30. The molecule has 5 nitrogen and oxygen atoms in total. The van der Waals surface area contributed by atoms with Crippen molar-refractivity contribution in [3.05, 3.63) is 41.5 Å². The van der Waals surface area contributed by atoms with Crippen LogP contribution in [0.5, 0.6) is 0 Å². The van der Waals surface area contributed by atoms with Crippen molar-refractivity contribution in [1.29, 1.82) is 0 Å². The van der Waals surface area contributed by atoms with Crippen molar-refractivity contribution < 1.29 is 9.59 Å². The van der Waals surface area contributed by atoms with Crippen molar-refractivity contribution in [2.24, 2.45) is 0 Å². The number of fused-ring (bicyclic) bond motifs is 6. The van der Waals surface area contributed by atoms with E-state index in [0.717, 1.165) is 31.5 Å². The minimum atomic E-state index is -0.326. The summed E-state index contributed by atoms with van der Waals surface area (Å²) in [5.74, 6) is 0.286. The second-order valence-electron chi connectivity index (χ2n) is 8.39. The highest BCUT2D eigenvalue weighted by molar-refractivity contribution is 5.99. The molecule has 4 atom stereocenters. The first-order valence-corrected chi connectivity index (χ1v) is 9.65. The number of hydrogen-bond donors (Lipinski definition) is 1. The largest absolute Gasteiger partial charge is 0.364 e. The van der Waals surface area contributed by atoms with Crippen LogP contribution in [0.1, 0.15) is 45.1 Å². The number of hydrogen-bond acceptors (Lipinski definition) is 3. The van der Waals surface area contributed by atoms with Gasteiger partial charge >= 0.3 is 0 Å². The lowest BCUT2D eigenvalue weighted by Gasteiger charge is -2.41. The number of nitrogens with one attached hydrogen (secondary N) is 1. The second kappa shape index (κ2) is 5.35. The number of rotatable bonds is 2. The van der Waals surface area contributed by atoms with Gasteiger partial charge in [0.15, 0.2) is 0 Å². The van der Waals surface area contributed by atoms with Crippen molar-refractivity contribution in [2.45, 2.75) is 63.2 Å². The van der Waals surface area contributed by atoms with Gasteiger partial charge in [0.05, 0.1) is 0 Å². The van der Waals surface area contributed by atoms with Crippen molar-refractivity contribution in [3.8, 4) is 0 Å². The summed E-state index contributed by atoms with van der Waals surface area (Å²) < 4.78 is 0. The Balaban J connectivity index is 1.62. The number of benzene rings is 1. The lowest BCUT2D eigenvalue weighted by atomic mass is 9.75. The molecule has 4 aliphatic heterocycles. The van der Waals surface area contributed by atoms with Gasteiger partial charge in [-0.15, -0.1) is 0 Å². The van der Waals surface area contributed by atoms with Crippen LogP contribution in [0.25, 0.3) is 0 Å². The van der Waals surface area contributed by atoms with Crippen molar-refractivity contribution in [1.82, 2.24) is 9.80 Å². The maximum atomic E-state index is 13.3. The molecule has 0 bridgehead atoms. The summed E-state index contributed by atoms with van der Waals surface area (Å²) in [5.41, 5.74) is 3.40. The molecule has 5 heteroatoms. The van der Waals surface area contributed by atoms with Crippen LogP contribution in [0.2, 0.25) is 0 Å². The molecule has 1 N–H and O–H groups in total. The molecule has 136 valence electrons. The van der Waals surface area contributed by atoms with E-state index in [2.05, 4.69) is 43.4 Å². The fourth-order valence-corrected chi connectivity index (χ4v) is 5.49. The predicted molar refractivity (Wildman–Crippen MR) is 99.6 cm³/mol. The quantitative estimate of drug-likeness (QED) is 0.834. The first kappa shape index (κ1) is 15.9. The number of para-hydroxylation sites is 1. The van der Waals surface area contributed by atoms with Gasteiger partial charge in [0, 0.05) is 17.6 Å². The maximum Gasteiger partial charge on any atom is 0.247 e. The third-order valence-corrected chi connectivity index (χ3v) is 6.69. The molecular weight excluding hydrogens is 326 g/mol. The van der Waals surface area contributed by atoms with E-state index in [-0.39, 0.29) is 35.5 Å². The highest BCUT2D eigenvalue weighted by Gasteiger charge is 2.64. The number of allylic oxidation sites excluding steroid dienone is 2. The summed E-state index contributed by atoms with van der Waals surface area (Å²) in [5, 5.41) is 3.60. The first-order chi connectivity index (χ1) is 12.5. The number of carbonyl (C=O) groups is 2. The van der Waals surface area contributed by atoms with Gasteiger partial charge in [-0.25, -0.2) is 0 Å². The lowest BCUT2D eigenvalue weighted by molar-refractivity contribution is -0.158. The molecule has 2 amide bonds. The van der Waals surface area contributed by atoms with E-state index in [1.807, 2.05) is 15.9 Å². The summed E-state index contributed by atoms with van der Waals surface area (Å²) in [7, 11) is 0. The molecule has 0 spiro atoms. The van der Waals surface area contributed by atoms with Crippen LogP contribution in [0.3, 0.4) is 0 Å². The Bertz CT molecular complexity index is 828. The molecule has 0 saturated carbocycles. The van der Waals surface area contributed by atoms with Crippen LogP contribution in [-0.2, 0) is 15.0 Å². The standard InChI is InChI=1S/C21H25N3O2/c1-13(2)9-10-21-12-17-18(25)23-11-5-8-16(23)19(26)24(17)20(21)22-15-7-4-3-6-14(15)21/h3-4,6-7,9,16-17,20,22H,5,8,10-12H2,1-2H3/t16-,17-,20+,21+/m0/s1. The van der Waals surface area contributed by atoms with Gasteiger partial charge in [-0.05, 0) is 51.2 Å². The van der Waals surface area contributed by atoms with Crippen LogP contribution in [0.15, 0.2) is 35.9 Å². The molecule has 3 saturated heterocycles. The van der Waals surface area contributed by atoms with Gasteiger partial charge < -0.3 is 15.1 Å². The smallest absolute Gasteiger partial charge is 0.247 e. The van der Waals surface area contributed by atoms with Crippen LogP contribution >= 0.6 is 0 Å². The van der Waals surface area contributed by atoms with E-state index in [9.17, 15) is 9.59 Å². The molecule has 5 rings (SSSR count). The van der Waals surface area contributed by atoms with Gasteiger partial charge in [-0.1, -0.05) is 29.8 Å². The number of carbonyl (C=O) groups excluding carboxylic acids is 2. The van der Waals surface area contributed by atoms with Crippen molar-refractivity contribution >= 4 is 17.5 Å². The molecule has 26 heavy (non-hydrogen) atoms. The van der Waals surface area contributed by atoms with E-state index in [1.54, 1.807) is 0 Å². The number of amides is 2. The number of anilines is 1. The molecule has 0 aromatic heterocycles. The number of piperazine rings is 1. The molecule has 1 aromatic carbocycles. The summed E-state index contributed by atoms with van der Waals surface area (Å²) in [4.78, 5) is 30.2. The Kier molecular flexibility index (Phi) is 3.27. The molecule has 0 unspecified atom stereocenters. The Morgan fingerprint density at radius 1 is 1.23 bits per heavy atom. The minimum Gasteiger partial charge on any atom is -0.364 e. The van der Waals surface area contributed by atoms with Crippen LogP contribution in [0, 0.1) is 0 Å². The molecule has 0 aliphatic carbocycles.